The molecule has 0 bridgehead atoms. The van der Waals surface area contributed by atoms with Crippen molar-refractivity contribution in [2.45, 2.75) is 6.29 Å². The Morgan fingerprint density at radius 2 is 2.18 bits per heavy atom. The Hall–Kier alpha value is -1.30. The number of benzene rings is 1. The maximum Gasteiger partial charge on any atom is 0.337 e. The number of carbonyl (C=O) groups is 1. The van der Waals surface area contributed by atoms with Crippen LogP contribution in [0.3, 0.4) is 0 Å². The number of ether oxygens (including phenoxy) is 3. The largest absolute Gasteiger partial charge is 0.488 e. The molecule has 6 heteroatoms. The fourth-order valence-corrected chi connectivity index (χ4v) is 1.68. The lowest BCUT2D eigenvalue weighted by Crippen LogP contribution is -2.18. The van der Waals surface area contributed by atoms with E-state index < -0.39 is 5.97 Å². The molecule has 0 spiro atoms. The molecule has 0 saturated carbocycles. The van der Waals surface area contributed by atoms with Crippen LogP contribution in [-0.2, 0) is 9.47 Å². The van der Waals surface area contributed by atoms with E-state index in [1.54, 1.807) is 6.07 Å². The van der Waals surface area contributed by atoms with Gasteiger partial charge in [-0.2, -0.15) is 0 Å². The Labute approximate surface area is 103 Å². The van der Waals surface area contributed by atoms with Gasteiger partial charge in [0, 0.05) is 0 Å². The molecule has 1 aliphatic rings. The van der Waals surface area contributed by atoms with Crippen LogP contribution in [0.15, 0.2) is 18.2 Å². The van der Waals surface area contributed by atoms with Crippen molar-refractivity contribution in [1.82, 2.24) is 0 Å². The SMILES string of the molecule is O=C(O)c1ccc(OCC2OCCO2)cc1Cl. The molecule has 1 aliphatic heterocycles. The maximum absolute atomic E-state index is 10.7. The van der Waals surface area contributed by atoms with Gasteiger partial charge >= 0.3 is 5.97 Å². The van der Waals surface area contributed by atoms with Gasteiger partial charge < -0.3 is 19.3 Å². The molecule has 0 radical (unpaired) electrons. The van der Waals surface area contributed by atoms with E-state index in [1.165, 1.54) is 12.1 Å². The molecule has 1 N–H and O–H groups in total. The minimum atomic E-state index is -1.07. The van der Waals surface area contributed by atoms with Crippen LogP contribution in [0.25, 0.3) is 0 Å². The molecule has 1 aromatic carbocycles. The summed E-state index contributed by atoms with van der Waals surface area (Å²) in [7, 11) is 0. The summed E-state index contributed by atoms with van der Waals surface area (Å²) >= 11 is 5.80. The van der Waals surface area contributed by atoms with Crippen molar-refractivity contribution in [1.29, 1.82) is 0 Å². The lowest BCUT2D eigenvalue weighted by Gasteiger charge is -2.11. The molecule has 5 nitrogen and oxygen atoms in total. The van der Waals surface area contributed by atoms with E-state index >= 15 is 0 Å². The Kier molecular flexibility index (Phi) is 3.83. The Morgan fingerprint density at radius 3 is 2.76 bits per heavy atom. The first kappa shape index (κ1) is 12.2. The quantitative estimate of drug-likeness (QED) is 0.892. The van der Waals surface area contributed by atoms with Gasteiger partial charge in [-0.25, -0.2) is 4.79 Å². The molecule has 2 rings (SSSR count). The number of rotatable bonds is 4. The van der Waals surface area contributed by atoms with Crippen LogP contribution < -0.4 is 4.74 Å². The fourth-order valence-electron chi connectivity index (χ4n) is 1.43. The van der Waals surface area contributed by atoms with E-state index in [2.05, 4.69) is 0 Å². The van der Waals surface area contributed by atoms with Gasteiger partial charge in [-0.1, -0.05) is 11.6 Å². The molecule has 1 saturated heterocycles. The summed E-state index contributed by atoms with van der Waals surface area (Å²) in [4.78, 5) is 10.7. The Balaban J connectivity index is 1.97. The molecule has 1 heterocycles. The van der Waals surface area contributed by atoms with Crippen LogP contribution in [0.2, 0.25) is 5.02 Å². The second-order valence-electron chi connectivity index (χ2n) is 3.43. The summed E-state index contributed by atoms with van der Waals surface area (Å²) in [6.45, 7) is 1.38. The number of hydrogen-bond acceptors (Lipinski definition) is 4. The molecule has 0 aliphatic carbocycles. The average Bonchev–Trinajstić information content (AvgIpc) is 2.78. The third-order valence-electron chi connectivity index (χ3n) is 2.25. The van der Waals surface area contributed by atoms with Crippen molar-refractivity contribution in [3.05, 3.63) is 28.8 Å². The van der Waals surface area contributed by atoms with Gasteiger partial charge in [0.15, 0.2) is 6.29 Å². The first-order valence-electron chi connectivity index (χ1n) is 5.05. The van der Waals surface area contributed by atoms with E-state index in [0.29, 0.717) is 19.0 Å². The van der Waals surface area contributed by atoms with E-state index in [0.717, 1.165) is 0 Å². The van der Waals surface area contributed by atoms with Crippen LogP contribution in [-0.4, -0.2) is 37.2 Å². The van der Waals surface area contributed by atoms with Crippen LogP contribution in [0.1, 0.15) is 10.4 Å². The molecule has 0 unspecified atom stereocenters. The van der Waals surface area contributed by atoms with Gasteiger partial charge in [0.2, 0.25) is 0 Å². The molecule has 0 amide bonds. The second-order valence-corrected chi connectivity index (χ2v) is 3.84. The van der Waals surface area contributed by atoms with Crippen molar-refractivity contribution in [3.8, 4) is 5.75 Å². The number of aromatic carboxylic acids is 1. The zero-order valence-electron chi connectivity index (χ0n) is 8.89. The summed E-state index contributed by atoms with van der Waals surface area (Å²) in [5.41, 5.74) is 0.0485. The highest BCUT2D eigenvalue weighted by Gasteiger charge is 2.17. The van der Waals surface area contributed by atoms with E-state index in [4.69, 9.17) is 30.9 Å². The van der Waals surface area contributed by atoms with Crippen molar-refractivity contribution in [2.24, 2.45) is 0 Å². The summed E-state index contributed by atoms with van der Waals surface area (Å²) in [6, 6.07) is 4.40. The molecule has 92 valence electrons. The predicted molar refractivity (Wildman–Crippen MR) is 59.6 cm³/mol. The van der Waals surface area contributed by atoms with Gasteiger partial charge in [0.1, 0.15) is 12.4 Å². The highest BCUT2D eigenvalue weighted by Crippen LogP contribution is 2.23. The first-order valence-corrected chi connectivity index (χ1v) is 5.43. The monoisotopic (exact) mass is 258 g/mol. The second kappa shape index (κ2) is 5.35. The van der Waals surface area contributed by atoms with Crippen molar-refractivity contribution in [3.63, 3.8) is 0 Å². The topological polar surface area (TPSA) is 65.0 Å². The van der Waals surface area contributed by atoms with E-state index in [9.17, 15) is 4.79 Å². The van der Waals surface area contributed by atoms with Crippen LogP contribution in [0, 0.1) is 0 Å². The van der Waals surface area contributed by atoms with Crippen LogP contribution >= 0.6 is 11.6 Å². The van der Waals surface area contributed by atoms with E-state index in [1.807, 2.05) is 0 Å². The molecular formula is C11H11ClO5. The average molecular weight is 259 g/mol. The molecular weight excluding hydrogens is 248 g/mol. The lowest BCUT2D eigenvalue weighted by molar-refractivity contribution is -0.0684. The van der Waals surface area contributed by atoms with Crippen LogP contribution in [0.4, 0.5) is 0 Å². The predicted octanol–water partition coefficient (Wildman–Crippen LogP) is 1.79. The standard InChI is InChI=1S/C11H11ClO5/c12-9-5-7(1-2-8(9)11(13)14)17-6-10-15-3-4-16-10/h1-2,5,10H,3-4,6H2,(H,13,14). The zero-order chi connectivity index (χ0) is 12.3. The zero-order valence-corrected chi connectivity index (χ0v) is 9.64. The van der Waals surface area contributed by atoms with Gasteiger partial charge in [0.25, 0.3) is 0 Å². The molecule has 0 aromatic heterocycles. The fraction of sp³-hybridized carbons (Fsp3) is 0.364. The highest BCUT2D eigenvalue weighted by atomic mass is 35.5. The van der Waals surface area contributed by atoms with Crippen molar-refractivity contribution < 1.29 is 24.1 Å². The third-order valence-corrected chi connectivity index (χ3v) is 2.56. The maximum atomic E-state index is 10.7. The summed E-state index contributed by atoms with van der Waals surface area (Å²) in [6.07, 6.45) is -0.368. The summed E-state index contributed by atoms with van der Waals surface area (Å²) in [5, 5.41) is 8.94. The Morgan fingerprint density at radius 1 is 1.47 bits per heavy atom. The number of carboxylic acids is 1. The minimum absolute atomic E-state index is 0.0485. The van der Waals surface area contributed by atoms with Crippen molar-refractivity contribution >= 4 is 17.6 Å². The van der Waals surface area contributed by atoms with Gasteiger partial charge in [-0.15, -0.1) is 0 Å². The normalized spacial score (nSPS) is 16.1. The lowest BCUT2D eigenvalue weighted by atomic mass is 10.2. The minimum Gasteiger partial charge on any atom is -0.488 e. The van der Waals surface area contributed by atoms with Crippen molar-refractivity contribution in [2.75, 3.05) is 19.8 Å². The molecule has 17 heavy (non-hydrogen) atoms. The highest BCUT2D eigenvalue weighted by molar-refractivity contribution is 6.33. The van der Waals surface area contributed by atoms with Gasteiger partial charge in [-0.05, 0) is 18.2 Å². The van der Waals surface area contributed by atoms with E-state index in [-0.39, 0.29) is 23.5 Å². The molecule has 1 fully saturated rings. The number of hydrogen-bond donors (Lipinski definition) is 1. The number of carboxylic acid groups (broad SMARTS) is 1. The molecule has 1 aromatic rings. The smallest absolute Gasteiger partial charge is 0.337 e. The summed E-state index contributed by atoms with van der Waals surface area (Å²) < 4.78 is 15.8. The van der Waals surface area contributed by atoms with Gasteiger partial charge in [-0.3, -0.25) is 0 Å². The van der Waals surface area contributed by atoms with Gasteiger partial charge in [0.05, 0.1) is 23.8 Å². The third kappa shape index (κ3) is 3.09. The first-order chi connectivity index (χ1) is 8.16. The summed E-state index contributed by atoms with van der Waals surface area (Å²) in [5.74, 6) is -0.580. The number of halogens is 1. The Bertz CT molecular complexity index is 414. The van der Waals surface area contributed by atoms with Crippen LogP contribution in [0.5, 0.6) is 5.75 Å². The molecule has 0 atom stereocenters.